The predicted molar refractivity (Wildman–Crippen MR) is 86.8 cm³/mol. The van der Waals surface area contributed by atoms with Gasteiger partial charge in [0.2, 0.25) is 0 Å². The number of benzene rings is 1. The second kappa shape index (κ2) is 7.45. The van der Waals surface area contributed by atoms with Crippen molar-refractivity contribution < 1.29 is 14.7 Å². The van der Waals surface area contributed by atoms with E-state index in [0.717, 1.165) is 0 Å². The molecule has 6 heteroatoms. The van der Waals surface area contributed by atoms with Crippen molar-refractivity contribution >= 4 is 33.6 Å². The molecule has 0 aliphatic rings. The molecule has 0 heterocycles. The summed E-state index contributed by atoms with van der Waals surface area (Å²) in [4.78, 5) is 25.1. The Labute approximate surface area is 133 Å². The van der Waals surface area contributed by atoms with Gasteiger partial charge < -0.3 is 15.3 Å². The lowest BCUT2D eigenvalue weighted by Crippen LogP contribution is -2.42. The molecule has 0 aliphatic carbocycles. The van der Waals surface area contributed by atoms with Crippen molar-refractivity contribution in [1.29, 1.82) is 0 Å². The van der Waals surface area contributed by atoms with E-state index in [4.69, 9.17) is 5.11 Å². The molecule has 21 heavy (non-hydrogen) atoms. The lowest BCUT2D eigenvalue weighted by Gasteiger charge is -2.28. The molecule has 1 rings (SSSR count). The number of carboxylic acid groups (broad SMARTS) is 1. The molecule has 1 aromatic carbocycles. The maximum Gasteiger partial charge on any atom is 0.336 e. The third kappa shape index (κ3) is 5.04. The van der Waals surface area contributed by atoms with Crippen LogP contribution in [0.15, 0.2) is 22.7 Å². The smallest absolute Gasteiger partial charge is 0.336 e. The molecular formula is C15H21BrN2O3. The average Bonchev–Trinajstić information content (AvgIpc) is 2.37. The number of nitrogens with zero attached hydrogens (tertiary/aromatic N) is 1. The molecule has 0 bridgehead atoms. The number of urea groups is 1. The fraction of sp³-hybridized carbons (Fsp3) is 0.467. The van der Waals surface area contributed by atoms with Crippen molar-refractivity contribution in [3.8, 4) is 0 Å². The van der Waals surface area contributed by atoms with Gasteiger partial charge in [-0.1, -0.05) is 13.8 Å². The summed E-state index contributed by atoms with van der Waals surface area (Å²) in [6.07, 6.45) is 0. The van der Waals surface area contributed by atoms with Gasteiger partial charge in [0.05, 0.1) is 5.56 Å². The maximum absolute atomic E-state index is 12.3. The highest BCUT2D eigenvalue weighted by Crippen LogP contribution is 2.21. The minimum absolute atomic E-state index is 0.0711. The van der Waals surface area contributed by atoms with Crippen molar-refractivity contribution in [1.82, 2.24) is 4.90 Å². The molecule has 116 valence electrons. The monoisotopic (exact) mass is 356 g/mol. The summed E-state index contributed by atoms with van der Waals surface area (Å²) in [7, 11) is 0. The molecular weight excluding hydrogens is 336 g/mol. The van der Waals surface area contributed by atoms with Gasteiger partial charge in [0.15, 0.2) is 0 Å². The predicted octanol–water partition coefficient (Wildman–Crippen LogP) is 4.05. The van der Waals surface area contributed by atoms with E-state index in [1.165, 1.54) is 6.07 Å². The standard InChI is InChI=1S/C15H21BrN2O3/c1-9(2)8-18(10(3)4)15(21)17-11-5-6-13(16)12(7-11)14(19)20/h5-7,9-10H,8H2,1-4H3,(H,17,21)(H,19,20). The normalized spacial score (nSPS) is 10.8. The first kappa shape index (κ1) is 17.5. The maximum atomic E-state index is 12.3. The Hall–Kier alpha value is -1.56. The number of carbonyl (C=O) groups excluding carboxylic acids is 1. The molecule has 0 fully saturated rings. The van der Waals surface area contributed by atoms with Crippen molar-refractivity contribution in [3.63, 3.8) is 0 Å². The minimum atomic E-state index is -1.04. The van der Waals surface area contributed by atoms with Gasteiger partial charge in [-0.05, 0) is 53.9 Å². The highest BCUT2D eigenvalue weighted by atomic mass is 79.9. The molecule has 0 unspecified atom stereocenters. The van der Waals surface area contributed by atoms with Crippen LogP contribution in [0.1, 0.15) is 38.1 Å². The summed E-state index contributed by atoms with van der Waals surface area (Å²) in [5.41, 5.74) is 0.586. The first-order valence-corrected chi connectivity index (χ1v) is 7.62. The Balaban J connectivity index is 2.91. The van der Waals surface area contributed by atoms with Gasteiger partial charge in [0.1, 0.15) is 0 Å². The van der Waals surface area contributed by atoms with E-state index >= 15 is 0 Å². The molecule has 1 aromatic rings. The number of halogens is 1. The summed E-state index contributed by atoms with van der Waals surface area (Å²) in [6, 6.07) is 4.57. The Morgan fingerprint density at radius 3 is 2.38 bits per heavy atom. The number of rotatable bonds is 5. The lowest BCUT2D eigenvalue weighted by molar-refractivity contribution is 0.0696. The van der Waals surface area contributed by atoms with Gasteiger partial charge in [-0.15, -0.1) is 0 Å². The van der Waals surface area contributed by atoms with Crippen LogP contribution in [0.4, 0.5) is 10.5 Å². The molecule has 5 nitrogen and oxygen atoms in total. The summed E-state index contributed by atoms with van der Waals surface area (Å²) in [5, 5.41) is 11.8. The number of anilines is 1. The highest BCUT2D eigenvalue weighted by molar-refractivity contribution is 9.10. The number of amides is 2. The molecule has 0 spiro atoms. The third-order valence-corrected chi connectivity index (χ3v) is 3.59. The average molecular weight is 357 g/mol. The fourth-order valence-corrected chi connectivity index (χ4v) is 2.30. The van der Waals surface area contributed by atoms with E-state index < -0.39 is 5.97 Å². The zero-order chi connectivity index (χ0) is 16.2. The van der Waals surface area contributed by atoms with Crippen LogP contribution in [0.3, 0.4) is 0 Å². The Bertz CT molecular complexity index is 530. The summed E-state index contributed by atoms with van der Waals surface area (Å²) < 4.78 is 0.482. The van der Waals surface area contributed by atoms with Crippen LogP contribution in [0.25, 0.3) is 0 Å². The molecule has 0 aliphatic heterocycles. The Morgan fingerprint density at radius 1 is 1.29 bits per heavy atom. The highest BCUT2D eigenvalue weighted by Gasteiger charge is 2.19. The van der Waals surface area contributed by atoms with Crippen LogP contribution < -0.4 is 5.32 Å². The van der Waals surface area contributed by atoms with Gasteiger partial charge in [-0.2, -0.15) is 0 Å². The number of nitrogens with one attached hydrogen (secondary N) is 1. The van der Waals surface area contributed by atoms with Crippen molar-refractivity contribution in [3.05, 3.63) is 28.2 Å². The van der Waals surface area contributed by atoms with Crippen LogP contribution >= 0.6 is 15.9 Å². The number of carboxylic acids is 1. The zero-order valence-electron chi connectivity index (χ0n) is 12.7. The van der Waals surface area contributed by atoms with E-state index in [1.807, 2.05) is 27.7 Å². The van der Waals surface area contributed by atoms with Gasteiger partial charge in [0, 0.05) is 22.7 Å². The van der Waals surface area contributed by atoms with Gasteiger partial charge in [-0.25, -0.2) is 9.59 Å². The molecule has 0 saturated heterocycles. The zero-order valence-corrected chi connectivity index (χ0v) is 14.3. The van der Waals surface area contributed by atoms with Gasteiger partial charge >= 0.3 is 12.0 Å². The number of hydrogen-bond acceptors (Lipinski definition) is 2. The fourth-order valence-electron chi connectivity index (χ4n) is 1.88. The Morgan fingerprint density at radius 2 is 1.90 bits per heavy atom. The van der Waals surface area contributed by atoms with Crippen LogP contribution in [0, 0.1) is 5.92 Å². The topological polar surface area (TPSA) is 69.6 Å². The first-order valence-electron chi connectivity index (χ1n) is 6.82. The number of carbonyl (C=O) groups is 2. The number of hydrogen-bond donors (Lipinski definition) is 2. The molecule has 0 aromatic heterocycles. The van der Waals surface area contributed by atoms with Crippen molar-refractivity contribution in [2.75, 3.05) is 11.9 Å². The van der Waals surface area contributed by atoms with E-state index in [1.54, 1.807) is 17.0 Å². The second-order valence-corrected chi connectivity index (χ2v) is 6.42. The summed E-state index contributed by atoms with van der Waals surface area (Å²) in [6.45, 7) is 8.64. The van der Waals surface area contributed by atoms with Crippen LogP contribution in [0.2, 0.25) is 0 Å². The van der Waals surface area contributed by atoms with Gasteiger partial charge in [-0.3, -0.25) is 0 Å². The molecule has 2 amide bonds. The van der Waals surface area contributed by atoms with E-state index in [0.29, 0.717) is 22.6 Å². The summed E-state index contributed by atoms with van der Waals surface area (Å²) in [5.74, 6) is -0.682. The van der Waals surface area contributed by atoms with Crippen LogP contribution in [-0.4, -0.2) is 34.6 Å². The quantitative estimate of drug-likeness (QED) is 0.835. The van der Waals surface area contributed by atoms with Crippen molar-refractivity contribution in [2.24, 2.45) is 5.92 Å². The molecule has 0 radical (unpaired) electrons. The van der Waals surface area contributed by atoms with E-state index in [9.17, 15) is 9.59 Å². The molecule has 0 atom stereocenters. The van der Waals surface area contributed by atoms with E-state index in [2.05, 4.69) is 21.2 Å². The lowest BCUT2D eigenvalue weighted by atomic mass is 10.2. The van der Waals surface area contributed by atoms with E-state index in [-0.39, 0.29) is 17.6 Å². The Kier molecular flexibility index (Phi) is 6.20. The minimum Gasteiger partial charge on any atom is -0.478 e. The summed E-state index contributed by atoms with van der Waals surface area (Å²) >= 11 is 3.18. The van der Waals surface area contributed by atoms with Crippen LogP contribution in [-0.2, 0) is 0 Å². The first-order chi connectivity index (χ1) is 9.72. The SMILES string of the molecule is CC(C)CN(C(=O)Nc1ccc(Br)c(C(=O)O)c1)C(C)C. The number of aromatic carboxylic acids is 1. The molecule has 0 saturated carbocycles. The van der Waals surface area contributed by atoms with Crippen LogP contribution in [0.5, 0.6) is 0 Å². The van der Waals surface area contributed by atoms with Gasteiger partial charge in [0.25, 0.3) is 0 Å². The third-order valence-electron chi connectivity index (χ3n) is 2.89. The van der Waals surface area contributed by atoms with Crippen molar-refractivity contribution in [2.45, 2.75) is 33.7 Å². The second-order valence-electron chi connectivity index (χ2n) is 5.57. The largest absolute Gasteiger partial charge is 0.478 e. The molecule has 2 N–H and O–H groups in total.